The summed E-state index contributed by atoms with van der Waals surface area (Å²) in [5, 5.41) is 5.90. The van der Waals surface area contributed by atoms with Gasteiger partial charge < -0.3 is 34.3 Å². The molecule has 1 amide bonds. The van der Waals surface area contributed by atoms with Crippen molar-refractivity contribution in [1.82, 2.24) is 10.6 Å². The van der Waals surface area contributed by atoms with E-state index in [4.69, 9.17) is 23.7 Å². The normalized spacial score (nSPS) is 11.3. The summed E-state index contributed by atoms with van der Waals surface area (Å²) in [7, 11) is 5.25. The summed E-state index contributed by atoms with van der Waals surface area (Å²) in [6, 6.07) is 8.07. The second-order valence-electron chi connectivity index (χ2n) is 7.97. The van der Waals surface area contributed by atoms with E-state index in [1.165, 1.54) is 0 Å². The Morgan fingerprint density at radius 2 is 1.46 bits per heavy atom. The summed E-state index contributed by atoms with van der Waals surface area (Å²) < 4.78 is 27.4. The summed E-state index contributed by atoms with van der Waals surface area (Å²) in [6.07, 6.45) is 2.70. The molecule has 0 aromatic heterocycles. The van der Waals surface area contributed by atoms with Gasteiger partial charge in [-0.1, -0.05) is 33.7 Å². The predicted octanol–water partition coefficient (Wildman–Crippen LogP) is 3.53. The van der Waals surface area contributed by atoms with Crippen LogP contribution in [0.25, 0.3) is 0 Å². The van der Waals surface area contributed by atoms with Gasteiger partial charge in [-0.2, -0.15) is 0 Å². The molecule has 8 nitrogen and oxygen atoms in total. The number of rotatable bonds is 24. The van der Waals surface area contributed by atoms with Gasteiger partial charge in [0.1, 0.15) is 5.94 Å². The van der Waals surface area contributed by atoms with Crippen molar-refractivity contribution in [2.45, 2.75) is 44.1 Å². The number of hydrogen-bond acceptors (Lipinski definition) is 9. The molecular weight excluding hydrogens is 488 g/mol. The maximum atomic E-state index is 12.1. The molecule has 10 heteroatoms. The van der Waals surface area contributed by atoms with E-state index in [1.807, 2.05) is 45.2 Å². The van der Waals surface area contributed by atoms with E-state index in [-0.39, 0.29) is 5.91 Å². The van der Waals surface area contributed by atoms with E-state index in [1.54, 1.807) is 21.6 Å². The summed E-state index contributed by atoms with van der Waals surface area (Å²) in [5.74, 6) is 0.643. The predicted molar refractivity (Wildman–Crippen MR) is 144 cm³/mol. The van der Waals surface area contributed by atoms with E-state index in [2.05, 4.69) is 10.6 Å². The Kier molecular flexibility index (Phi) is 21.6. The Balaban J connectivity index is 1.96. The Bertz CT molecular complexity index is 622. The molecule has 0 aliphatic rings. The molecule has 0 fully saturated rings. The van der Waals surface area contributed by atoms with Crippen molar-refractivity contribution in [1.29, 1.82) is 0 Å². The maximum Gasteiger partial charge on any atom is 0.224 e. The minimum absolute atomic E-state index is 0.00876. The molecule has 202 valence electrons. The molecule has 1 rings (SSSR count). The van der Waals surface area contributed by atoms with Crippen molar-refractivity contribution in [2.75, 3.05) is 78.9 Å². The molecule has 0 radical (unpaired) electrons. The van der Waals surface area contributed by atoms with Gasteiger partial charge in [-0.3, -0.25) is 4.79 Å². The van der Waals surface area contributed by atoms with Crippen LogP contribution in [0.15, 0.2) is 29.2 Å². The number of benzene rings is 1. The summed E-state index contributed by atoms with van der Waals surface area (Å²) in [4.78, 5) is 13.3. The average Bonchev–Trinajstić information content (AvgIpc) is 2.84. The van der Waals surface area contributed by atoms with Crippen molar-refractivity contribution < 1.29 is 28.5 Å². The number of amides is 1. The molecule has 0 saturated heterocycles. The highest BCUT2D eigenvalue weighted by atomic mass is 33.1. The molecule has 0 bridgehead atoms. The number of nitrogens with one attached hydrogen (secondary N) is 2. The van der Waals surface area contributed by atoms with E-state index in [9.17, 15) is 4.79 Å². The first-order valence-electron chi connectivity index (χ1n) is 12.3. The molecule has 1 aromatic carbocycles. The van der Waals surface area contributed by atoms with Gasteiger partial charge in [0.15, 0.2) is 0 Å². The van der Waals surface area contributed by atoms with Crippen LogP contribution in [0.3, 0.4) is 0 Å². The summed E-state index contributed by atoms with van der Waals surface area (Å²) in [5.41, 5.74) is 0.989. The van der Waals surface area contributed by atoms with Gasteiger partial charge in [-0.25, -0.2) is 0 Å². The van der Waals surface area contributed by atoms with Crippen LogP contribution in [-0.2, 0) is 34.9 Å². The van der Waals surface area contributed by atoms with Crippen LogP contribution in [-0.4, -0.2) is 90.9 Å². The number of hydrogen-bond donors (Lipinski definition) is 2. The van der Waals surface area contributed by atoms with Crippen molar-refractivity contribution in [3.05, 3.63) is 29.8 Å². The monoisotopic (exact) mass is 532 g/mol. The second-order valence-corrected chi connectivity index (χ2v) is 10.3. The van der Waals surface area contributed by atoms with Gasteiger partial charge >= 0.3 is 0 Å². The number of likely N-dealkylation sites (N-methyl/N-ethyl adjacent to an activating group) is 1. The fraction of sp³-hybridized carbons (Fsp3) is 0.720. The molecular formula is C25H44N2O6S2. The van der Waals surface area contributed by atoms with E-state index >= 15 is 0 Å². The quantitative estimate of drug-likeness (QED) is 0.118. The first-order chi connectivity index (χ1) is 17.1. The molecule has 1 aromatic rings. The lowest BCUT2D eigenvalue weighted by Gasteiger charge is -2.08. The third-order valence-electron chi connectivity index (χ3n) is 4.52. The van der Waals surface area contributed by atoms with Crippen LogP contribution >= 0.6 is 21.6 Å². The number of carbonyl (C=O) groups excluding carboxylic acids is 1. The molecule has 0 atom stereocenters. The molecule has 0 aliphatic carbocycles. The van der Waals surface area contributed by atoms with Crippen molar-refractivity contribution in [2.24, 2.45) is 0 Å². The SMILES string of the molecule is CNCCOCCOCCOCCNC(=O)Cc1ccc(SSCOCCCCOC(C)C)cc1. The average molecular weight is 533 g/mol. The maximum absolute atomic E-state index is 12.1. The van der Waals surface area contributed by atoms with Crippen molar-refractivity contribution in [3.63, 3.8) is 0 Å². The smallest absolute Gasteiger partial charge is 0.224 e. The lowest BCUT2D eigenvalue weighted by molar-refractivity contribution is -0.120. The zero-order valence-electron chi connectivity index (χ0n) is 21.6. The first-order valence-corrected chi connectivity index (χ1v) is 14.7. The van der Waals surface area contributed by atoms with Crippen molar-refractivity contribution in [3.8, 4) is 0 Å². The highest BCUT2D eigenvalue weighted by Gasteiger charge is 2.04. The van der Waals surface area contributed by atoms with E-state index in [0.717, 1.165) is 43.1 Å². The molecule has 0 unspecified atom stereocenters. The molecule has 0 aliphatic heterocycles. The second kappa shape index (κ2) is 23.5. The number of ether oxygens (including phenoxy) is 5. The van der Waals surface area contributed by atoms with Gasteiger partial charge in [0, 0.05) is 31.2 Å². The standard InChI is InChI=1S/C25H44N2O6S2/c1-22(2)33-13-5-4-12-32-21-34-35-24-8-6-23(7-9-24)20-25(28)27-11-15-30-17-19-31-18-16-29-14-10-26-3/h6-9,22,26H,4-5,10-21H2,1-3H3,(H,27,28). The molecule has 35 heavy (non-hydrogen) atoms. The van der Waals surface area contributed by atoms with Gasteiger partial charge in [0.25, 0.3) is 0 Å². The van der Waals surface area contributed by atoms with Gasteiger partial charge in [-0.15, -0.1) is 0 Å². The topological polar surface area (TPSA) is 87.3 Å². The molecule has 0 saturated carbocycles. The lowest BCUT2D eigenvalue weighted by atomic mass is 10.1. The molecule has 2 N–H and O–H groups in total. The van der Waals surface area contributed by atoms with Crippen LogP contribution in [0, 0.1) is 0 Å². The summed E-state index contributed by atoms with van der Waals surface area (Å²) in [6.45, 7) is 10.3. The first kappa shape index (κ1) is 32.2. The number of carbonyl (C=O) groups is 1. The zero-order valence-corrected chi connectivity index (χ0v) is 23.2. The Labute approximate surface area is 219 Å². The molecule has 0 spiro atoms. The number of unbranched alkanes of at least 4 members (excludes halogenated alkanes) is 1. The van der Waals surface area contributed by atoms with Crippen LogP contribution in [0.5, 0.6) is 0 Å². The third-order valence-corrected chi connectivity index (χ3v) is 6.58. The summed E-state index contributed by atoms with van der Waals surface area (Å²) >= 11 is 0. The van der Waals surface area contributed by atoms with Crippen LogP contribution in [0.2, 0.25) is 0 Å². The van der Waals surface area contributed by atoms with E-state index < -0.39 is 0 Å². The van der Waals surface area contributed by atoms with Gasteiger partial charge in [0.05, 0.1) is 52.2 Å². The van der Waals surface area contributed by atoms with Gasteiger partial charge in [-0.05, 0) is 51.4 Å². The minimum atomic E-state index is -0.00876. The minimum Gasteiger partial charge on any atom is -0.379 e. The van der Waals surface area contributed by atoms with Crippen LogP contribution < -0.4 is 10.6 Å². The Morgan fingerprint density at radius 3 is 2.11 bits per heavy atom. The lowest BCUT2D eigenvalue weighted by Crippen LogP contribution is -2.29. The Hall–Kier alpha value is -0.850. The highest BCUT2D eigenvalue weighted by Crippen LogP contribution is 2.31. The molecule has 0 heterocycles. The van der Waals surface area contributed by atoms with Crippen LogP contribution in [0.1, 0.15) is 32.3 Å². The largest absolute Gasteiger partial charge is 0.379 e. The highest BCUT2D eigenvalue weighted by molar-refractivity contribution is 8.76. The van der Waals surface area contributed by atoms with Gasteiger partial charge in [0.2, 0.25) is 5.91 Å². The third kappa shape index (κ3) is 21.0. The Morgan fingerprint density at radius 1 is 0.829 bits per heavy atom. The fourth-order valence-electron chi connectivity index (χ4n) is 2.70. The fourth-order valence-corrected chi connectivity index (χ4v) is 4.41. The van der Waals surface area contributed by atoms with Crippen molar-refractivity contribution >= 4 is 27.5 Å². The van der Waals surface area contributed by atoms with Crippen LogP contribution in [0.4, 0.5) is 0 Å². The zero-order chi connectivity index (χ0) is 25.4. The van der Waals surface area contributed by atoms with E-state index in [0.29, 0.717) is 64.6 Å².